The van der Waals surface area contributed by atoms with Crippen LogP contribution in [0.2, 0.25) is 0 Å². The van der Waals surface area contributed by atoms with Crippen molar-refractivity contribution in [2.75, 3.05) is 0 Å². The molecule has 116 valence electrons. The van der Waals surface area contributed by atoms with Crippen molar-refractivity contribution in [2.45, 2.75) is 19.9 Å². The molecule has 4 aromatic rings. The second-order valence-electron chi connectivity index (χ2n) is 5.39. The monoisotopic (exact) mass is 325 g/mol. The van der Waals surface area contributed by atoms with Crippen molar-refractivity contribution in [3.05, 3.63) is 52.9 Å². The van der Waals surface area contributed by atoms with Crippen molar-refractivity contribution >= 4 is 33.1 Å². The van der Waals surface area contributed by atoms with Gasteiger partial charge in [-0.3, -0.25) is 4.79 Å². The average molecular weight is 325 g/mol. The number of aromatic amines is 1. The standard InChI is InChI=1S/C16H15N5OS/c1-10-20-21-9-12(19-16(21)23-10)8-18-15(22)6-11-7-17-14-5-3-2-4-13(11)14/h2-5,7,9,17H,6,8H2,1H3,(H,18,22). The first-order valence-corrected chi connectivity index (χ1v) is 8.14. The van der Waals surface area contributed by atoms with E-state index in [0.717, 1.165) is 32.1 Å². The van der Waals surface area contributed by atoms with Gasteiger partial charge in [0, 0.05) is 17.1 Å². The highest BCUT2D eigenvalue weighted by molar-refractivity contribution is 7.16. The first-order valence-electron chi connectivity index (χ1n) is 7.32. The van der Waals surface area contributed by atoms with Crippen LogP contribution in [0.25, 0.3) is 15.9 Å². The molecule has 7 heteroatoms. The Kier molecular flexibility index (Phi) is 3.34. The summed E-state index contributed by atoms with van der Waals surface area (Å²) >= 11 is 1.54. The molecule has 0 aliphatic rings. The predicted molar refractivity (Wildman–Crippen MR) is 89.5 cm³/mol. The zero-order valence-electron chi connectivity index (χ0n) is 12.5. The molecule has 0 aliphatic carbocycles. The van der Waals surface area contributed by atoms with E-state index < -0.39 is 0 Å². The Morgan fingerprint density at radius 2 is 2.26 bits per heavy atom. The molecule has 0 saturated carbocycles. The quantitative estimate of drug-likeness (QED) is 0.605. The van der Waals surface area contributed by atoms with E-state index in [2.05, 4.69) is 20.4 Å². The number of nitrogens with zero attached hydrogens (tertiary/aromatic N) is 3. The molecule has 0 aliphatic heterocycles. The largest absolute Gasteiger partial charge is 0.361 e. The zero-order chi connectivity index (χ0) is 15.8. The normalized spacial score (nSPS) is 11.3. The second kappa shape index (κ2) is 5.51. The summed E-state index contributed by atoms with van der Waals surface area (Å²) in [6.45, 7) is 2.36. The molecular weight excluding hydrogens is 310 g/mol. The number of carbonyl (C=O) groups is 1. The molecule has 0 atom stereocenters. The molecule has 1 aromatic carbocycles. The molecule has 0 unspecified atom stereocenters. The molecule has 2 N–H and O–H groups in total. The number of amides is 1. The number of imidazole rings is 1. The Hall–Kier alpha value is -2.67. The molecule has 0 spiro atoms. The minimum atomic E-state index is -0.0183. The number of aromatic nitrogens is 4. The van der Waals surface area contributed by atoms with E-state index in [1.165, 1.54) is 11.3 Å². The molecule has 6 nitrogen and oxygen atoms in total. The SMILES string of the molecule is Cc1nn2cc(CNC(=O)Cc3c[nH]c4ccccc34)nc2s1. The lowest BCUT2D eigenvalue weighted by Crippen LogP contribution is -2.24. The smallest absolute Gasteiger partial charge is 0.224 e. The van der Waals surface area contributed by atoms with Gasteiger partial charge in [0.25, 0.3) is 0 Å². The minimum Gasteiger partial charge on any atom is -0.361 e. The van der Waals surface area contributed by atoms with E-state index in [-0.39, 0.29) is 5.91 Å². The number of benzene rings is 1. The number of hydrogen-bond acceptors (Lipinski definition) is 4. The zero-order valence-corrected chi connectivity index (χ0v) is 13.4. The molecule has 0 bridgehead atoms. The third-order valence-electron chi connectivity index (χ3n) is 3.69. The Balaban J connectivity index is 1.42. The van der Waals surface area contributed by atoms with Gasteiger partial charge in [0.2, 0.25) is 10.9 Å². The summed E-state index contributed by atoms with van der Waals surface area (Å²) in [4.78, 5) is 20.6. The molecular formula is C16H15N5OS. The predicted octanol–water partition coefficient (Wildman–Crippen LogP) is 2.44. The number of aryl methyl sites for hydroxylation is 1. The van der Waals surface area contributed by atoms with Crippen molar-refractivity contribution < 1.29 is 4.79 Å². The van der Waals surface area contributed by atoms with Crippen LogP contribution in [0.15, 0.2) is 36.7 Å². The Morgan fingerprint density at radius 3 is 3.13 bits per heavy atom. The number of fused-ring (bicyclic) bond motifs is 2. The third-order valence-corrected chi connectivity index (χ3v) is 4.52. The van der Waals surface area contributed by atoms with Gasteiger partial charge in [-0.15, -0.1) is 0 Å². The molecule has 1 amide bonds. The number of hydrogen-bond donors (Lipinski definition) is 2. The Morgan fingerprint density at radius 1 is 1.39 bits per heavy atom. The highest BCUT2D eigenvalue weighted by Gasteiger charge is 2.10. The van der Waals surface area contributed by atoms with Gasteiger partial charge in [0.1, 0.15) is 5.01 Å². The van der Waals surface area contributed by atoms with Crippen molar-refractivity contribution in [3.8, 4) is 0 Å². The van der Waals surface area contributed by atoms with Crippen LogP contribution in [-0.2, 0) is 17.8 Å². The summed E-state index contributed by atoms with van der Waals surface area (Å²) in [6, 6.07) is 7.97. The molecule has 3 aromatic heterocycles. The van der Waals surface area contributed by atoms with Crippen LogP contribution in [0.3, 0.4) is 0 Å². The first kappa shape index (κ1) is 14.0. The highest BCUT2D eigenvalue weighted by atomic mass is 32.1. The van der Waals surface area contributed by atoms with Crippen LogP contribution < -0.4 is 5.32 Å². The highest BCUT2D eigenvalue weighted by Crippen LogP contribution is 2.18. The maximum absolute atomic E-state index is 12.2. The fourth-order valence-electron chi connectivity index (χ4n) is 2.63. The van der Waals surface area contributed by atoms with Crippen LogP contribution in [0.5, 0.6) is 0 Å². The van der Waals surface area contributed by atoms with Crippen molar-refractivity contribution in [3.63, 3.8) is 0 Å². The van der Waals surface area contributed by atoms with Crippen molar-refractivity contribution in [2.24, 2.45) is 0 Å². The fraction of sp³-hybridized carbons (Fsp3) is 0.188. The lowest BCUT2D eigenvalue weighted by Gasteiger charge is -2.02. The third kappa shape index (κ3) is 2.70. The van der Waals surface area contributed by atoms with Crippen LogP contribution in [0, 0.1) is 6.92 Å². The minimum absolute atomic E-state index is 0.0183. The molecule has 4 rings (SSSR count). The number of H-pyrrole nitrogens is 1. The van der Waals surface area contributed by atoms with E-state index in [1.807, 2.05) is 43.6 Å². The van der Waals surface area contributed by atoms with Crippen LogP contribution in [0.4, 0.5) is 0 Å². The number of carbonyl (C=O) groups excluding carboxylic acids is 1. The van der Waals surface area contributed by atoms with Crippen LogP contribution >= 0.6 is 11.3 Å². The van der Waals surface area contributed by atoms with E-state index in [1.54, 1.807) is 4.52 Å². The maximum atomic E-state index is 12.2. The summed E-state index contributed by atoms with van der Waals surface area (Å²) in [5.74, 6) is -0.0183. The van der Waals surface area contributed by atoms with Crippen molar-refractivity contribution in [1.82, 2.24) is 24.9 Å². The molecule has 0 saturated heterocycles. The van der Waals surface area contributed by atoms with E-state index in [9.17, 15) is 4.79 Å². The van der Waals surface area contributed by atoms with Gasteiger partial charge in [-0.25, -0.2) is 9.50 Å². The van der Waals surface area contributed by atoms with Gasteiger partial charge in [-0.1, -0.05) is 29.5 Å². The number of rotatable bonds is 4. The van der Waals surface area contributed by atoms with Gasteiger partial charge >= 0.3 is 0 Å². The maximum Gasteiger partial charge on any atom is 0.224 e. The molecule has 3 heterocycles. The van der Waals surface area contributed by atoms with E-state index in [4.69, 9.17) is 0 Å². The molecule has 23 heavy (non-hydrogen) atoms. The Labute approximate surface area is 136 Å². The van der Waals surface area contributed by atoms with E-state index >= 15 is 0 Å². The van der Waals surface area contributed by atoms with Crippen LogP contribution in [-0.4, -0.2) is 25.5 Å². The van der Waals surface area contributed by atoms with Gasteiger partial charge in [0.15, 0.2) is 0 Å². The van der Waals surface area contributed by atoms with Gasteiger partial charge in [-0.2, -0.15) is 5.10 Å². The molecule has 0 radical (unpaired) electrons. The van der Waals surface area contributed by atoms with Crippen LogP contribution in [0.1, 0.15) is 16.3 Å². The summed E-state index contributed by atoms with van der Waals surface area (Å²) < 4.78 is 1.75. The lowest BCUT2D eigenvalue weighted by atomic mass is 10.1. The average Bonchev–Trinajstić information content (AvgIpc) is 3.18. The van der Waals surface area contributed by atoms with Gasteiger partial charge in [-0.05, 0) is 18.6 Å². The summed E-state index contributed by atoms with van der Waals surface area (Å²) in [5, 5.41) is 9.29. The van der Waals surface area contributed by atoms with E-state index in [0.29, 0.717) is 13.0 Å². The fourth-order valence-corrected chi connectivity index (χ4v) is 3.38. The topological polar surface area (TPSA) is 75.1 Å². The lowest BCUT2D eigenvalue weighted by molar-refractivity contribution is -0.120. The Bertz CT molecular complexity index is 965. The van der Waals surface area contributed by atoms with Gasteiger partial charge < -0.3 is 10.3 Å². The summed E-state index contributed by atoms with van der Waals surface area (Å²) in [6.07, 6.45) is 4.10. The van der Waals surface area contributed by atoms with Crippen molar-refractivity contribution in [1.29, 1.82) is 0 Å². The second-order valence-corrected chi connectivity index (χ2v) is 6.55. The molecule has 0 fully saturated rings. The summed E-state index contributed by atoms with van der Waals surface area (Å²) in [7, 11) is 0. The van der Waals surface area contributed by atoms with Gasteiger partial charge in [0.05, 0.1) is 24.9 Å². The number of nitrogens with one attached hydrogen (secondary N) is 2. The summed E-state index contributed by atoms with van der Waals surface area (Å²) in [5.41, 5.74) is 2.86. The first-order chi connectivity index (χ1) is 11.2. The number of para-hydroxylation sites is 1.